The Kier molecular flexibility index (Phi) is 11.8. The molecule has 0 saturated carbocycles. The van der Waals surface area contributed by atoms with Gasteiger partial charge >= 0.3 is 0 Å². The van der Waals surface area contributed by atoms with Gasteiger partial charge in [-0.25, -0.2) is 0 Å². The minimum absolute atomic E-state index is 0.106. The van der Waals surface area contributed by atoms with Crippen LogP contribution in [0, 0.1) is 0 Å². The number of rotatable bonds is 5. The largest absolute Gasteiger partial charge is 0.492 e. The number of ether oxygens (including phenoxy) is 4. The van der Waals surface area contributed by atoms with E-state index in [9.17, 15) is 24.3 Å². The normalized spacial score (nSPS) is 22.9. The van der Waals surface area contributed by atoms with E-state index in [0.29, 0.717) is 62.9 Å². The zero-order chi connectivity index (χ0) is 36.5. The van der Waals surface area contributed by atoms with Crippen molar-refractivity contribution < 1.29 is 43.2 Å². The van der Waals surface area contributed by atoms with Gasteiger partial charge in [0.25, 0.3) is 5.91 Å². The lowest BCUT2D eigenvalue weighted by Gasteiger charge is -2.41. The fourth-order valence-corrected chi connectivity index (χ4v) is 6.41. The van der Waals surface area contributed by atoms with Crippen molar-refractivity contribution in [3.8, 4) is 23.0 Å². The average Bonchev–Trinajstić information content (AvgIpc) is 3.16. The molecule has 7 rings (SSSR count). The third kappa shape index (κ3) is 9.11. The predicted octanol–water partition coefficient (Wildman–Crippen LogP) is 1.09. The highest BCUT2D eigenvalue weighted by molar-refractivity contribution is 5.95. The fraction of sp³-hybridized carbons (Fsp3) is 0.421. The van der Waals surface area contributed by atoms with Crippen molar-refractivity contribution in [3.63, 3.8) is 0 Å². The molecule has 52 heavy (non-hydrogen) atoms. The molecule has 4 aliphatic rings. The summed E-state index contributed by atoms with van der Waals surface area (Å²) in [5.41, 5.74) is 0.482. The second-order valence-corrected chi connectivity index (χ2v) is 13.2. The van der Waals surface area contributed by atoms with Crippen molar-refractivity contribution in [2.45, 2.75) is 56.5 Å². The number of nitrogens with one attached hydrogen (secondary N) is 4. The molecule has 3 atom stereocenters. The van der Waals surface area contributed by atoms with Crippen LogP contribution < -0.4 is 40.2 Å². The van der Waals surface area contributed by atoms with Gasteiger partial charge in [0.15, 0.2) is 17.1 Å². The third-order valence-electron chi connectivity index (χ3n) is 9.37. The van der Waals surface area contributed by atoms with Crippen LogP contribution in [-0.2, 0) is 32.1 Å². The minimum atomic E-state index is -1.38. The number of benzene rings is 3. The molecule has 1 fully saturated rings. The van der Waals surface area contributed by atoms with E-state index in [4.69, 9.17) is 18.9 Å². The molecule has 0 aliphatic carbocycles. The Labute approximate surface area is 302 Å². The number of aliphatic hydroxyl groups is 1. The summed E-state index contributed by atoms with van der Waals surface area (Å²) in [6, 6.07) is 18.5. The Hall–Kier alpha value is -5.34. The Morgan fingerprint density at radius 1 is 0.731 bits per heavy atom. The van der Waals surface area contributed by atoms with Gasteiger partial charge < -0.3 is 45.3 Å². The lowest BCUT2D eigenvalue weighted by molar-refractivity contribution is -0.144. The molecule has 4 amide bonds. The maximum atomic E-state index is 14.5. The molecular formula is C38H45N5O9. The molecule has 0 unspecified atom stereocenters. The number of carbonyl (C=O) groups excluding carboxylic acids is 4. The van der Waals surface area contributed by atoms with E-state index in [1.807, 2.05) is 48.5 Å². The van der Waals surface area contributed by atoms with E-state index >= 15 is 0 Å². The number of hydrogen-bond donors (Lipinski definition) is 5. The molecule has 14 nitrogen and oxygen atoms in total. The van der Waals surface area contributed by atoms with E-state index in [0.717, 1.165) is 16.9 Å². The number of fused-ring (bicyclic) bond motifs is 16. The number of likely N-dealkylation sites (tertiary alicyclic amines) is 1. The summed E-state index contributed by atoms with van der Waals surface area (Å²) < 4.78 is 23.8. The Balaban J connectivity index is 1.26. The third-order valence-corrected chi connectivity index (χ3v) is 9.37. The van der Waals surface area contributed by atoms with Gasteiger partial charge in [-0.15, -0.1) is 0 Å². The molecule has 3 aromatic rings. The number of hydrogen-bond acceptors (Lipinski definition) is 10. The lowest BCUT2D eigenvalue weighted by atomic mass is 9.88. The van der Waals surface area contributed by atoms with Crippen LogP contribution in [0.4, 0.5) is 0 Å². The van der Waals surface area contributed by atoms with Crippen molar-refractivity contribution in [1.82, 2.24) is 26.2 Å². The topological polar surface area (TPSA) is 177 Å². The SMILES string of the molecule is C[C@@H]1NC(=O)[C@H](CO)NC(=O)[C@@H](Cc2ccccc2)NC(=O)C2(CCN(Cc3ccc4c(c3)OCCO4)CC2)Oc2ccc(cc2)OCCNC1=O. The lowest BCUT2D eigenvalue weighted by Crippen LogP contribution is -2.62. The summed E-state index contributed by atoms with van der Waals surface area (Å²) in [5, 5.41) is 20.8. The molecule has 4 heterocycles. The molecule has 1 spiro atoms. The Bertz CT molecular complexity index is 1710. The highest BCUT2D eigenvalue weighted by atomic mass is 16.6. The van der Waals surface area contributed by atoms with Gasteiger partial charge in [0.05, 0.1) is 13.2 Å². The van der Waals surface area contributed by atoms with Crippen molar-refractivity contribution in [2.75, 3.05) is 46.1 Å². The second-order valence-electron chi connectivity index (χ2n) is 13.2. The standard InChI is InChI=1S/C38H45N5O9/c1-25-34(45)39-15-18-49-28-8-10-29(11-9-28)52-38(13-16-43(17-14-38)23-27-7-12-32-33(22-27)51-20-19-50-32)37(48)42-30(21-26-5-3-2-4-6-26)35(46)41-31(24-44)36(47)40-25/h2-12,22,25,30-31,44H,13-21,23-24H2,1H3,(H,39,45)(H,40,47)(H,41,46)(H,42,48)/t25-,30+,31-/m0/s1. The Morgan fingerprint density at radius 3 is 2.15 bits per heavy atom. The van der Waals surface area contributed by atoms with E-state index in [2.05, 4.69) is 26.2 Å². The highest BCUT2D eigenvalue weighted by Gasteiger charge is 2.45. The van der Waals surface area contributed by atoms with Crippen molar-refractivity contribution in [1.29, 1.82) is 0 Å². The van der Waals surface area contributed by atoms with Gasteiger partial charge in [0, 0.05) is 38.9 Å². The smallest absolute Gasteiger partial charge is 0.264 e. The molecule has 0 radical (unpaired) electrons. The molecule has 2 bridgehead atoms. The Morgan fingerprint density at radius 2 is 1.42 bits per heavy atom. The summed E-state index contributed by atoms with van der Waals surface area (Å²) in [6.07, 6.45) is 0.747. The van der Waals surface area contributed by atoms with Crippen LogP contribution in [0.2, 0.25) is 0 Å². The van der Waals surface area contributed by atoms with Gasteiger partial charge in [-0.05, 0) is 54.4 Å². The van der Waals surface area contributed by atoms with Crippen LogP contribution in [0.3, 0.4) is 0 Å². The van der Waals surface area contributed by atoms with Gasteiger partial charge in [-0.2, -0.15) is 0 Å². The minimum Gasteiger partial charge on any atom is -0.492 e. The summed E-state index contributed by atoms with van der Waals surface area (Å²) >= 11 is 0. The molecular weight excluding hydrogens is 670 g/mol. The summed E-state index contributed by atoms with van der Waals surface area (Å²) in [4.78, 5) is 56.3. The molecule has 1 saturated heterocycles. The van der Waals surface area contributed by atoms with Crippen LogP contribution >= 0.6 is 0 Å². The number of piperidine rings is 1. The monoisotopic (exact) mass is 715 g/mol. The van der Waals surface area contributed by atoms with Gasteiger partial charge in [-0.1, -0.05) is 36.4 Å². The van der Waals surface area contributed by atoms with Crippen LogP contribution in [0.5, 0.6) is 23.0 Å². The van der Waals surface area contributed by atoms with Crippen LogP contribution in [-0.4, -0.2) is 103 Å². The van der Waals surface area contributed by atoms with E-state index in [1.54, 1.807) is 24.3 Å². The first kappa shape index (κ1) is 36.5. The zero-order valence-corrected chi connectivity index (χ0v) is 29.1. The molecule has 3 aromatic carbocycles. The van der Waals surface area contributed by atoms with Crippen LogP contribution in [0.1, 0.15) is 30.9 Å². The number of aliphatic hydroxyl groups excluding tert-OH is 1. The maximum absolute atomic E-state index is 14.5. The van der Waals surface area contributed by atoms with Crippen LogP contribution in [0.15, 0.2) is 72.8 Å². The highest BCUT2D eigenvalue weighted by Crippen LogP contribution is 2.34. The molecule has 276 valence electrons. The number of amides is 4. The van der Waals surface area contributed by atoms with Crippen molar-refractivity contribution in [3.05, 3.63) is 83.9 Å². The first-order valence-electron chi connectivity index (χ1n) is 17.6. The van der Waals surface area contributed by atoms with Crippen molar-refractivity contribution >= 4 is 23.6 Å². The van der Waals surface area contributed by atoms with Crippen molar-refractivity contribution in [2.24, 2.45) is 0 Å². The van der Waals surface area contributed by atoms with Gasteiger partial charge in [0.1, 0.15) is 49.4 Å². The number of nitrogens with zero attached hydrogens (tertiary/aromatic N) is 1. The van der Waals surface area contributed by atoms with Gasteiger partial charge in [0.2, 0.25) is 17.7 Å². The quantitative estimate of drug-likeness (QED) is 0.241. The average molecular weight is 716 g/mol. The van der Waals surface area contributed by atoms with Crippen LogP contribution in [0.25, 0.3) is 0 Å². The summed E-state index contributed by atoms with van der Waals surface area (Å²) in [6.45, 7) is 3.79. The molecule has 14 heteroatoms. The predicted molar refractivity (Wildman–Crippen MR) is 189 cm³/mol. The molecule has 4 aliphatic heterocycles. The molecule has 0 aromatic heterocycles. The summed E-state index contributed by atoms with van der Waals surface area (Å²) in [5.74, 6) is 0.0479. The maximum Gasteiger partial charge on any atom is 0.264 e. The fourth-order valence-electron chi connectivity index (χ4n) is 6.41. The zero-order valence-electron chi connectivity index (χ0n) is 29.1. The van der Waals surface area contributed by atoms with Gasteiger partial charge in [-0.3, -0.25) is 24.1 Å². The van der Waals surface area contributed by atoms with E-state index in [-0.39, 0.29) is 19.6 Å². The summed E-state index contributed by atoms with van der Waals surface area (Å²) in [7, 11) is 0. The second kappa shape index (κ2) is 16.8. The first-order chi connectivity index (χ1) is 25.2. The van der Waals surface area contributed by atoms with E-state index in [1.165, 1.54) is 6.92 Å². The number of carbonyl (C=O) groups is 4. The van der Waals surface area contributed by atoms with E-state index < -0.39 is 54.0 Å². The first-order valence-corrected chi connectivity index (χ1v) is 17.6. The molecule has 5 N–H and O–H groups in total.